The van der Waals surface area contributed by atoms with Crippen molar-refractivity contribution in [2.75, 3.05) is 0 Å². The minimum atomic E-state index is -0.177. The van der Waals surface area contributed by atoms with Crippen molar-refractivity contribution >= 4 is 35.1 Å². The fourth-order valence-electron chi connectivity index (χ4n) is 4.29. The largest absolute Gasteiger partial charge is 0.489 e. The van der Waals surface area contributed by atoms with Crippen LogP contribution in [0.3, 0.4) is 0 Å². The van der Waals surface area contributed by atoms with Crippen molar-refractivity contribution in [3.8, 4) is 17.2 Å². The summed E-state index contributed by atoms with van der Waals surface area (Å²) >= 11 is 1.27. The number of amidine groups is 1. The highest BCUT2D eigenvalue weighted by Crippen LogP contribution is 2.34. The minimum Gasteiger partial charge on any atom is -0.489 e. The number of carbonyl (C=O) groups is 1. The van der Waals surface area contributed by atoms with Gasteiger partial charge in [-0.15, -0.1) is 5.10 Å². The van der Waals surface area contributed by atoms with Gasteiger partial charge in [-0.2, -0.15) is 5.10 Å². The maximum Gasteiger partial charge on any atom is 0.267 e. The van der Waals surface area contributed by atoms with Crippen LogP contribution in [0.5, 0.6) is 17.2 Å². The van der Waals surface area contributed by atoms with Crippen molar-refractivity contribution in [1.82, 2.24) is 4.90 Å². The van der Waals surface area contributed by atoms with Crippen LogP contribution >= 0.6 is 11.8 Å². The summed E-state index contributed by atoms with van der Waals surface area (Å²) in [4.78, 5) is 15.6. The van der Waals surface area contributed by atoms with Crippen LogP contribution in [0, 0.1) is 0 Å². The summed E-state index contributed by atoms with van der Waals surface area (Å²) in [6, 6.07) is 38.4. The molecule has 6 rings (SSSR count). The third-order valence-electron chi connectivity index (χ3n) is 6.37. The molecule has 0 aliphatic carbocycles. The molecule has 2 heterocycles. The van der Waals surface area contributed by atoms with E-state index < -0.39 is 0 Å². The van der Waals surface area contributed by atoms with E-state index in [1.54, 1.807) is 23.4 Å². The summed E-state index contributed by atoms with van der Waals surface area (Å²) in [7, 11) is 0. The SMILES string of the molecule is O=C1/C(=C/c2cccc(OCc3ccccc3)c2)S/C(=N/N=C\c2cccc(Oc3ccccc3)c2)N1Cc1ccco1. The van der Waals surface area contributed by atoms with Crippen LogP contribution in [-0.4, -0.2) is 22.2 Å². The molecule has 0 saturated carbocycles. The Morgan fingerprint density at radius 3 is 2.28 bits per heavy atom. The van der Waals surface area contributed by atoms with Gasteiger partial charge in [0, 0.05) is 0 Å². The fourth-order valence-corrected chi connectivity index (χ4v) is 5.23. The molecule has 0 N–H and O–H groups in total. The molecule has 0 atom stereocenters. The van der Waals surface area contributed by atoms with E-state index in [-0.39, 0.29) is 12.5 Å². The summed E-state index contributed by atoms with van der Waals surface area (Å²) < 4.78 is 17.4. The van der Waals surface area contributed by atoms with Gasteiger partial charge in [0.05, 0.1) is 23.9 Å². The molecule has 0 radical (unpaired) electrons. The van der Waals surface area contributed by atoms with Crippen molar-refractivity contribution in [2.45, 2.75) is 13.2 Å². The van der Waals surface area contributed by atoms with Gasteiger partial charge < -0.3 is 13.9 Å². The first kappa shape index (κ1) is 27.8. The molecular formula is C35H27N3O4S. The molecule has 7 nitrogen and oxygen atoms in total. The Balaban J connectivity index is 1.20. The molecule has 1 saturated heterocycles. The normalized spacial score (nSPS) is 15.1. The quantitative estimate of drug-likeness (QED) is 0.0939. The van der Waals surface area contributed by atoms with Crippen molar-refractivity contribution in [3.63, 3.8) is 0 Å². The smallest absolute Gasteiger partial charge is 0.267 e. The van der Waals surface area contributed by atoms with Crippen molar-refractivity contribution in [2.24, 2.45) is 10.2 Å². The number of nitrogens with zero attached hydrogens (tertiary/aromatic N) is 3. The highest BCUT2D eigenvalue weighted by molar-refractivity contribution is 8.18. The predicted molar refractivity (Wildman–Crippen MR) is 170 cm³/mol. The van der Waals surface area contributed by atoms with Crippen LogP contribution in [0.1, 0.15) is 22.5 Å². The fraction of sp³-hybridized carbons (Fsp3) is 0.0571. The maximum absolute atomic E-state index is 13.5. The highest BCUT2D eigenvalue weighted by Gasteiger charge is 2.34. The van der Waals surface area contributed by atoms with Crippen molar-refractivity contribution in [3.05, 3.63) is 155 Å². The van der Waals surface area contributed by atoms with E-state index in [0.29, 0.717) is 28.2 Å². The number of ether oxygens (including phenoxy) is 2. The Labute approximate surface area is 253 Å². The zero-order valence-corrected chi connectivity index (χ0v) is 23.9. The highest BCUT2D eigenvalue weighted by atomic mass is 32.2. The molecule has 1 amide bonds. The van der Waals surface area contributed by atoms with E-state index in [1.807, 2.05) is 121 Å². The lowest BCUT2D eigenvalue weighted by atomic mass is 10.2. The van der Waals surface area contributed by atoms with Gasteiger partial charge in [0.15, 0.2) is 5.17 Å². The van der Waals surface area contributed by atoms with E-state index in [1.165, 1.54) is 11.8 Å². The number of amides is 1. The standard InChI is InChI=1S/C35H27N3O4S/c39-34-33(22-27-12-7-16-30(20-27)41-25-26-10-3-1-4-11-26)43-35(38(34)24-32-18-9-19-40-32)37-36-23-28-13-8-17-31(21-28)42-29-14-5-2-6-15-29/h1-23H,24-25H2/b33-22-,36-23-,37-35+. The minimum absolute atomic E-state index is 0.177. The van der Waals surface area contributed by atoms with Crippen molar-refractivity contribution < 1.29 is 18.7 Å². The monoisotopic (exact) mass is 585 g/mol. The van der Waals surface area contributed by atoms with Crippen LogP contribution in [0.25, 0.3) is 6.08 Å². The molecule has 0 unspecified atom stereocenters. The Morgan fingerprint density at radius 1 is 0.767 bits per heavy atom. The summed E-state index contributed by atoms with van der Waals surface area (Å²) in [6.45, 7) is 0.701. The van der Waals surface area contributed by atoms with Gasteiger partial charge in [0.2, 0.25) is 0 Å². The number of carbonyl (C=O) groups excluding carboxylic acids is 1. The van der Waals surface area contributed by atoms with E-state index in [2.05, 4.69) is 10.2 Å². The lowest BCUT2D eigenvalue weighted by Gasteiger charge is -2.12. The molecule has 1 aromatic heterocycles. The number of hydrogen-bond donors (Lipinski definition) is 0. The van der Waals surface area contributed by atoms with Crippen LogP contribution in [0.2, 0.25) is 0 Å². The Hall–Kier alpha value is -5.34. The topological polar surface area (TPSA) is 76.6 Å². The first-order chi connectivity index (χ1) is 21.2. The number of rotatable bonds is 10. The van der Waals surface area contributed by atoms with Gasteiger partial charge in [0.25, 0.3) is 5.91 Å². The summed E-state index contributed by atoms with van der Waals surface area (Å²) in [5, 5.41) is 9.19. The van der Waals surface area contributed by atoms with Crippen molar-refractivity contribution in [1.29, 1.82) is 0 Å². The second-order valence-electron chi connectivity index (χ2n) is 9.54. The first-order valence-electron chi connectivity index (χ1n) is 13.6. The van der Waals surface area contributed by atoms with E-state index in [0.717, 1.165) is 28.2 Å². The van der Waals surface area contributed by atoms with Crippen LogP contribution in [0.15, 0.2) is 147 Å². The second kappa shape index (κ2) is 13.5. The predicted octanol–water partition coefficient (Wildman–Crippen LogP) is 8.16. The second-order valence-corrected chi connectivity index (χ2v) is 10.6. The van der Waals surface area contributed by atoms with Gasteiger partial charge in [-0.1, -0.05) is 72.8 Å². The van der Waals surface area contributed by atoms with E-state index >= 15 is 0 Å². The third kappa shape index (κ3) is 7.49. The molecule has 43 heavy (non-hydrogen) atoms. The average molecular weight is 586 g/mol. The van der Waals surface area contributed by atoms with Crippen LogP contribution in [-0.2, 0) is 17.9 Å². The lowest BCUT2D eigenvalue weighted by Crippen LogP contribution is -2.28. The molecular weight excluding hydrogens is 558 g/mol. The van der Waals surface area contributed by atoms with Gasteiger partial charge in [-0.3, -0.25) is 9.69 Å². The number of hydrogen-bond acceptors (Lipinski definition) is 7. The Bertz CT molecular complexity index is 1770. The van der Waals surface area contributed by atoms with Crippen LogP contribution in [0.4, 0.5) is 0 Å². The number of furan rings is 1. The zero-order chi connectivity index (χ0) is 29.3. The molecule has 0 bridgehead atoms. The molecule has 4 aromatic carbocycles. The summed E-state index contributed by atoms with van der Waals surface area (Å²) in [6.07, 6.45) is 5.06. The number of thioether (sulfide) groups is 1. The molecule has 5 aromatic rings. The van der Waals surface area contributed by atoms with E-state index in [9.17, 15) is 4.79 Å². The van der Waals surface area contributed by atoms with E-state index in [4.69, 9.17) is 13.9 Å². The molecule has 0 spiro atoms. The van der Waals surface area contributed by atoms with Gasteiger partial charge in [0.1, 0.15) is 29.6 Å². The van der Waals surface area contributed by atoms with Crippen LogP contribution < -0.4 is 9.47 Å². The number of benzene rings is 4. The molecule has 1 aliphatic heterocycles. The third-order valence-corrected chi connectivity index (χ3v) is 7.37. The van der Waals surface area contributed by atoms with Gasteiger partial charge >= 0.3 is 0 Å². The zero-order valence-electron chi connectivity index (χ0n) is 23.1. The average Bonchev–Trinajstić information content (AvgIpc) is 3.66. The number of para-hydroxylation sites is 1. The Kier molecular flexibility index (Phi) is 8.76. The molecule has 212 valence electrons. The lowest BCUT2D eigenvalue weighted by molar-refractivity contribution is -0.122. The Morgan fingerprint density at radius 2 is 1.49 bits per heavy atom. The first-order valence-corrected chi connectivity index (χ1v) is 14.5. The molecule has 8 heteroatoms. The molecule has 1 fully saturated rings. The maximum atomic E-state index is 13.5. The summed E-state index contributed by atoms with van der Waals surface area (Å²) in [5.41, 5.74) is 2.74. The van der Waals surface area contributed by atoms with Gasteiger partial charge in [-0.05, 0) is 83.1 Å². The molecule has 1 aliphatic rings. The van der Waals surface area contributed by atoms with Gasteiger partial charge in [-0.25, -0.2) is 0 Å². The summed E-state index contributed by atoms with van der Waals surface area (Å²) in [5.74, 6) is 2.63.